The maximum atomic E-state index is 5.36. The molecule has 0 saturated heterocycles. The fourth-order valence-electron chi connectivity index (χ4n) is 1.95. The number of H-pyrrole nitrogens is 1. The van der Waals surface area contributed by atoms with Crippen LogP contribution in [0.15, 0.2) is 30.9 Å². The normalized spacial score (nSPS) is 10.6. The van der Waals surface area contributed by atoms with Gasteiger partial charge in [0.15, 0.2) is 11.5 Å². The van der Waals surface area contributed by atoms with Crippen LogP contribution in [-0.4, -0.2) is 27.0 Å². The summed E-state index contributed by atoms with van der Waals surface area (Å²) in [5.74, 6) is 1.45. The monoisotopic (exact) mass is 255 g/mol. The van der Waals surface area contributed by atoms with Crippen LogP contribution in [0.1, 0.15) is 5.56 Å². The molecule has 3 aromatic rings. The number of aryl methyl sites for hydroxylation is 1. The average molecular weight is 255 g/mol. The third-order valence-corrected chi connectivity index (χ3v) is 2.92. The van der Waals surface area contributed by atoms with Crippen molar-refractivity contribution in [3.05, 3.63) is 36.4 Å². The number of ether oxygens (including phenoxy) is 1. The highest BCUT2D eigenvalue weighted by atomic mass is 16.5. The molecule has 96 valence electrons. The number of anilines is 2. The lowest BCUT2D eigenvalue weighted by atomic mass is 10.2. The third-order valence-electron chi connectivity index (χ3n) is 2.92. The fraction of sp³-hybridized carbons (Fsp3) is 0.154. The van der Waals surface area contributed by atoms with Crippen molar-refractivity contribution in [2.24, 2.45) is 0 Å². The standard InChI is InChI=1S/C13H13N5O/c1-8-4-3-5-9(19-2)10(8)18-13-11-12(15-6-14-11)16-7-17-13/h3-7H,1-2H3,(H2,14,15,16,17,18). The predicted molar refractivity (Wildman–Crippen MR) is 72.7 cm³/mol. The summed E-state index contributed by atoms with van der Waals surface area (Å²) in [6.07, 6.45) is 3.08. The summed E-state index contributed by atoms with van der Waals surface area (Å²) in [6.45, 7) is 2.01. The number of para-hydroxylation sites is 1. The van der Waals surface area contributed by atoms with E-state index in [0.717, 1.165) is 22.5 Å². The number of benzene rings is 1. The summed E-state index contributed by atoms with van der Waals surface area (Å²) in [5.41, 5.74) is 3.36. The third kappa shape index (κ3) is 1.97. The summed E-state index contributed by atoms with van der Waals surface area (Å²) in [7, 11) is 1.64. The number of methoxy groups -OCH3 is 1. The second-order valence-corrected chi connectivity index (χ2v) is 4.10. The minimum atomic E-state index is 0.630. The number of nitrogens with zero attached hydrogens (tertiary/aromatic N) is 3. The van der Waals surface area contributed by atoms with Crippen LogP contribution in [0.2, 0.25) is 0 Å². The van der Waals surface area contributed by atoms with E-state index in [9.17, 15) is 0 Å². The number of rotatable bonds is 3. The molecule has 0 amide bonds. The highest BCUT2D eigenvalue weighted by Crippen LogP contribution is 2.31. The summed E-state index contributed by atoms with van der Waals surface area (Å²) in [4.78, 5) is 15.5. The van der Waals surface area contributed by atoms with Gasteiger partial charge >= 0.3 is 0 Å². The molecular formula is C13H13N5O. The van der Waals surface area contributed by atoms with Crippen molar-refractivity contribution in [2.45, 2.75) is 6.92 Å². The SMILES string of the molecule is COc1cccc(C)c1Nc1ncnc2nc[nH]c12. The van der Waals surface area contributed by atoms with Gasteiger partial charge in [-0.25, -0.2) is 15.0 Å². The van der Waals surface area contributed by atoms with Gasteiger partial charge in [-0.2, -0.15) is 0 Å². The molecule has 0 aliphatic carbocycles. The van der Waals surface area contributed by atoms with Crippen LogP contribution in [0.4, 0.5) is 11.5 Å². The van der Waals surface area contributed by atoms with Crippen LogP contribution < -0.4 is 10.1 Å². The Morgan fingerprint density at radius 3 is 2.95 bits per heavy atom. The second kappa shape index (κ2) is 4.56. The predicted octanol–water partition coefficient (Wildman–Crippen LogP) is 2.41. The van der Waals surface area contributed by atoms with Gasteiger partial charge in [0.25, 0.3) is 0 Å². The largest absolute Gasteiger partial charge is 0.495 e. The van der Waals surface area contributed by atoms with Crippen molar-refractivity contribution in [1.29, 1.82) is 0 Å². The minimum Gasteiger partial charge on any atom is -0.495 e. The van der Waals surface area contributed by atoms with E-state index in [0.29, 0.717) is 11.5 Å². The van der Waals surface area contributed by atoms with E-state index in [1.165, 1.54) is 6.33 Å². The van der Waals surface area contributed by atoms with E-state index in [1.807, 2.05) is 25.1 Å². The van der Waals surface area contributed by atoms with Crippen molar-refractivity contribution in [3.63, 3.8) is 0 Å². The first-order chi connectivity index (χ1) is 9.29. The number of imidazole rings is 1. The highest BCUT2D eigenvalue weighted by molar-refractivity contribution is 5.85. The van der Waals surface area contributed by atoms with Crippen LogP contribution in [0.5, 0.6) is 5.75 Å². The van der Waals surface area contributed by atoms with Gasteiger partial charge in [0.2, 0.25) is 0 Å². The molecule has 0 saturated carbocycles. The van der Waals surface area contributed by atoms with Crippen molar-refractivity contribution in [1.82, 2.24) is 19.9 Å². The lowest BCUT2D eigenvalue weighted by Gasteiger charge is -2.13. The van der Waals surface area contributed by atoms with Gasteiger partial charge in [-0.1, -0.05) is 12.1 Å². The van der Waals surface area contributed by atoms with Gasteiger partial charge in [-0.05, 0) is 18.6 Å². The van der Waals surface area contributed by atoms with Crippen molar-refractivity contribution in [2.75, 3.05) is 12.4 Å². The molecule has 2 N–H and O–H groups in total. The topological polar surface area (TPSA) is 75.7 Å². The molecule has 2 heterocycles. The van der Waals surface area contributed by atoms with Crippen molar-refractivity contribution >= 4 is 22.7 Å². The summed E-state index contributed by atoms with van der Waals surface area (Å²) < 4.78 is 5.36. The zero-order valence-corrected chi connectivity index (χ0v) is 10.6. The molecule has 6 heteroatoms. The van der Waals surface area contributed by atoms with Crippen LogP contribution in [0.3, 0.4) is 0 Å². The summed E-state index contributed by atoms with van der Waals surface area (Å²) >= 11 is 0. The smallest absolute Gasteiger partial charge is 0.182 e. The zero-order chi connectivity index (χ0) is 13.2. The quantitative estimate of drug-likeness (QED) is 0.751. The van der Waals surface area contributed by atoms with Crippen LogP contribution >= 0.6 is 0 Å². The summed E-state index contributed by atoms with van der Waals surface area (Å²) in [6, 6.07) is 5.86. The highest BCUT2D eigenvalue weighted by Gasteiger charge is 2.10. The molecule has 19 heavy (non-hydrogen) atoms. The Labute approximate surface area is 109 Å². The Morgan fingerprint density at radius 1 is 1.21 bits per heavy atom. The Kier molecular flexibility index (Phi) is 2.75. The van der Waals surface area contributed by atoms with E-state index >= 15 is 0 Å². The van der Waals surface area contributed by atoms with Gasteiger partial charge in [-0.15, -0.1) is 0 Å². The first-order valence-electron chi connectivity index (χ1n) is 5.84. The molecule has 0 radical (unpaired) electrons. The first kappa shape index (κ1) is 11.5. The van der Waals surface area contributed by atoms with E-state index in [4.69, 9.17) is 4.74 Å². The maximum absolute atomic E-state index is 5.36. The number of nitrogens with one attached hydrogen (secondary N) is 2. The summed E-state index contributed by atoms with van der Waals surface area (Å²) in [5, 5.41) is 3.27. The molecule has 6 nitrogen and oxygen atoms in total. The molecule has 1 aromatic carbocycles. The van der Waals surface area contributed by atoms with Crippen LogP contribution in [0.25, 0.3) is 11.2 Å². The average Bonchev–Trinajstić information content (AvgIpc) is 2.90. The van der Waals surface area contributed by atoms with E-state index in [2.05, 4.69) is 25.3 Å². The maximum Gasteiger partial charge on any atom is 0.182 e. The molecule has 3 rings (SSSR count). The zero-order valence-electron chi connectivity index (χ0n) is 10.6. The minimum absolute atomic E-state index is 0.630. The Morgan fingerprint density at radius 2 is 2.11 bits per heavy atom. The number of aromatic amines is 1. The van der Waals surface area contributed by atoms with Gasteiger partial charge in [0, 0.05) is 0 Å². The number of aromatic nitrogens is 4. The molecule has 0 spiro atoms. The molecule has 0 fully saturated rings. The van der Waals surface area contributed by atoms with Gasteiger partial charge in [-0.3, -0.25) is 0 Å². The van der Waals surface area contributed by atoms with Gasteiger partial charge in [0.1, 0.15) is 17.6 Å². The Balaban J connectivity index is 2.08. The molecule has 0 aliphatic rings. The first-order valence-corrected chi connectivity index (χ1v) is 5.84. The molecule has 0 atom stereocenters. The fourth-order valence-corrected chi connectivity index (χ4v) is 1.95. The van der Waals surface area contributed by atoms with Crippen LogP contribution in [-0.2, 0) is 0 Å². The van der Waals surface area contributed by atoms with Crippen molar-refractivity contribution < 1.29 is 4.74 Å². The van der Waals surface area contributed by atoms with Crippen LogP contribution in [0, 0.1) is 6.92 Å². The van der Waals surface area contributed by atoms with Crippen molar-refractivity contribution in [3.8, 4) is 5.75 Å². The molecule has 0 bridgehead atoms. The van der Waals surface area contributed by atoms with E-state index in [-0.39, 0.29) is 0 Å². The molecule has 0 unspecified atom stereocenters. The Hall–Kier alpha value is -2.63. The lowest BCUT2D eigenvalue weighted by molar-refractivity contribution is 0.416. The Bertz CT molecular complexity index is 722. The number of hydrogen-bond acceptors (Lipinski definition) is 5. The number of hydrogen-bond donors (Lipinski definition) is 2. The van der Waals surface area contributed by atoms with Gasteiger partial charge in [0.05, 0.1) is 19.1 Å². The second-order valence-electron chi connectivity index (χ2n) is 4.10. The molecule has 2 aromatic heterocycles. The number of fused-ring (bicyclic) bond motifs is 1. The lowest BCUT2D eigenvalue weighted by Crippen LogP contribution is -2.00. The molecular weight excluding hydrogens is 242 g/mol. The van der Waals surface area contributed by atoms with E-state index < -0.39 is 0 Å². The van der Waals surface area contributed by atoms with E-state index in [1.54, 1.807) is 13.4 Å². The van der Waals surface area contributed by atoms with Gasteiger partial charge < -0.3 is 15.0 Å². The molecule has 0 aliphatic heterocycles.